The van der Waals surface area contributed by atoms with Gasteiger partial charge in [0.1, 0.15) is 23.6 Å². The van der Waals surface area contributed by atoms with Crippen LogP contribution in [0.1, 0.15) is 23.0 Å². The molecule has 1 N–H and O–H groups in total. The first-order valence-electron chi connectivity index (χ1n) is 8.51. The molecule has 8 nitrogen and oxygen atoms in total. The standard InChI is InChI=1S/C19H15ClN6O2/c1-2-13-4-3-5-17(23-13)24-19(27)16-7-15(10-26-11-22-25-18(16)26)28-14-6-12(20)8-21-9-14/h3-11H,2H2,1H3,(H,23,24,27). The summed E-state index contributed by atoms with van der Waals surface area (Å²) in [4.78, 5) is 21.2. The van der Waals surface area contributed by atoms with E-state index in [1.807, 2.05) is 19.1 Å². The number of halogens is 1. The Kier molecular flexibility index (Phi) is 4.86. The lowest BCUT2D eigenvalue weighted by Gasteiger charge is -2.10. The normalized spacial score (nSPS) is 10.8. The molecular formula is C19H15ClN6O2. The molecule has 4 aromatic heterocycles. The van der Waals surface area contributed by atoms with E-state index >= 15 is 0 Å². The molecule has 0 radical (unpaired) electrons. The SMILES string of the molecule is CCc1cccc(NC(=O)c2cc(Oc3cncc(Cl)c3)cn3cnnc23)n1. The van der Waals surface area contributed by atoms with Crippen LogP contribution < -0.4 is 10.1 Å². The molecule has 0 bridgehead atoms. The van der Waals surface area contributed by atoms with E-state index in [1.54, 1.807) is 28.8 Å². The van der Waals surface area contributed by atoms with Gasteiger partial charge in [-0.2, -0.15) is 0 Å². The number of aryl methyl sites for hydroxylation is 1. The molecule has 0 aliphatic heterocycles. The van der Waals surface area contributed by atoms with Crippen LogP contribution >= 0.6 is 11.6 Å². The molecule has 4 aromatic rings. The Labute approximate surface area is 165 Å². The summed E-state index contributed by atoms with van der Waals surface area (Å²) >= 11 is 5.95. The molecule has 0 saturated carbocycles. The second kappa shape index (κ2) is 7.61. The largest absolute Gasteiger partial charge is 0.454 e. The summed E-state index contributed by atoms with van der Waals surface area (Å²) < 4.78 is 7.40. The Hall–Kier alpha value is -3.52. The zero-order valence-corrected chi connectivity index (χ0v) is 15.6. The van der Waals surface area contributed by atoms with Gasteiger partial charge < -0.3 is 10.1 Å². The molecule has 0 fully saturated rings. The summed E-state index contributed by atoms with van der Waals surface area (Å²) in [6, 6.07) is 8.70. The topological polar surface area (TPSA) is 94.3 Å². The fourth-order valence-electron chi connectivity index (χ4n) is 2.65. The van der Waals surface area contributed by atoms with E-state index in [1.165, 1.54) is 18.7 Å². The van der Waals surface area contributed by atoms with Crippen molar-refractivity contribution in [2.45, 2.75) is 13.3 Å². The second-order valence-electron chi connectivity index (χ2n) is 5.91. The number of fused-ring (bicyclic) bond motifs is 1. The molecule has 0 aliphatic rings. The van der Waals surface area contributed by atoms with Crippen LogP contribution in [0, 0.1) is 0 Å². The first kappa shape index (κ1) is 17.9. The Balaban J connectivity index is 1.67. The fourth-order valence-corrected chi connectivity index (χ4v) is 2.81. The first-order valence-corrected chi connectivity index (χ1v) is 8.89. The van der Waals surface area contributed by atoms with Crippen molar-refractivity contribution in [3.63, 3.8) is 0 Å². The summed E-state index contributed by atoms with van der Waals surface area (Å²) in [5.41, 5.74) is 1.59. The number of carbonyl (C=O) groups excluding carboxylic acids is 1. The maximum absolute atomic E-state index is 12.9. The highest BCUT2D eigenvalue weighted by molar-refractivity contribution is 6.30. The van der Waals surface area contributed by atoms with E-state index in [0.717, 1.165) is 12.1 Å². The molecular weight excluding hydrogens is 380 g/mol. The molecule has 0 unspecified atom stereocenters. The van der Waals surface area contributed by atoms with Gasteiger partial charge in [0.2, 0.25) is 0 Å². The van der Waals surface area contributed by atoms with E-state index in [0.29, 0.717) is 33.6 Å². The number of nitrogens with zero attached hydrogens (tertiary/aromatic N) is 5. The van der Waals surface area contributed by atoms with Crippen LogP contribution in [0.2, 0.25) is 5.02 Å². The van der Waals surface area contributed by atoms with E-state index in [9.17, 15) is 4.79 Å². The van der Waals surface area contributed by atoms with Crippen LogP contribution in [0.4, 0.5) is 5.82 Å². The van der Waals surface area contributed by atoms with Crippen molar-refractivity contribution in [3.05, 3.63) is 71.5 Å². The molecule has 0 atom stereocenters. The van der Waals surface area contributed by atoms with Crippen LogP contribution in [0.5, 0.6) is 11.5 Å². The number of carbonyl (C=O) groups is 1. The summed E-state index contributed by atoms with van der Waals surface area (Å²) in [5, 5.41) is 11.1. The molecule has 1 amide bonds. The van der Waals surface area contributed by atoms with Gasteiger partial charge in [-0.15, -0.1) is 10.2 Å². The van der Waals surface area contributed by atoms with Crippen LogP contribution in [-0.4, -0.2) is 30.5 Å². The van der Waals surface area contributed by atoms with Crippen molar-refractivity contribution in [1.29, 1.82) is 0 Å². The average Bonchev–Trinajstić information content (AvgIpc) is 3.16. The Morgan fingerprint density at radius 2 is 2.14 bits per heavy atom. The second-order valence-corrected chi connectivity index (χ2v) is 6.35. The molecule has 140 valence electrons. The van der Waals surface area contributed by atoms with Crippen molar-refractivity contribution in [2.75, 3.05) is 5.32 Å². The van der Waals surface area contributed by atoms with Crippen molar-refractivity contribution < 1.29 is 9.53 Å². The van der Waals surface area contributed by atoms with Gasteiger partial charge in [0, 0.05) is 18.0 Å². The maximum atomic E-state index is 12.9. The van der Waals surface area contributed by atoms with Crippen molar-refractivity contribution >= 4 is 29.0 Å². The zero-order chi connectivity index (χ0) is 19.5. The summed E-state index contributed by atoms with van der Waals surface area (Å²) in [7, 11) is 0. The van der Waals surface area contributed by atoms with Gasteiger partial charge in [0.05, 0.1) is 23.0 Å². The third-order valence-electron chi connectivity index (χ3n) is 3.94. The molecule has 9 heteroatoms. The smallest absolute Gasteiger partial charge is 0.260 e. The lowest BCUT2D eigenvalue weighted by molar-refractivity contribution is 0.102. The summed E-state index contributed by atoms with van der Waals surface area (Å²) in [6.07, 6.45) is 6.97. The van der Waals surface area contributed by atoms with Crippen LogP contribution in [0.25, 0.3) is 5.65 Å². The fraction of sp³-hybridized carbons (Fsp3) is 0.105. The molecule has 28 heavy (non-hydrogen) atoms. The van der Waals surface area contributed by atoms with Gasteiger partial charge in [-0.3, -0.25) is 14.2 Å². The third kappa shape index (κ3) is 3.77. The van der Waals surface area contributed by atoms with Gasteiger partial charge >= 0.3 is 0 Å². The summed E-state index contributed by atoms with van der Waals surface area (Å²) in [6.45, 7) is 2.00. The molecule has 0 aromatic carbocycles. The van der Waals surface area contributed by atoms with Gasteiger partial charge in [-0.05, 0) is 24.6 Å². The minimum atomic E-state index is -0.367. The van der Waals surface area contributed by atoms with Crippen LogP contribution in [-0.2, 0) is 6.42 Å². The van der Waals surface area contributed by atoms with Crippen molar-refractivity contribution in [3.8, 4) is 11.5 Å². The number of pyridine rings is 3. The third-order valence-corrected chi connectivity index (χ3v) is 4.14. The molecule has 0 saturated heterocycles. The van der Waals surface area contributed by atoms with Gasteiger partial charge in [-0.25, -0.2) is 4.98 Å². The summed E-state index contributed by atoms with van der Waals surface area (Å²) in [5.74, 6) is 0.959. The van der Waals surface area contributed by atoms with E-state index in [4.69, 9.17) is 16.3 Å². The monoisotopic (exact) mass is 394 g/mol. The minimum absolute atomic E-state index is 0.300. The number of hydrogen-bond donors (Lipinski definition) is 1. The minimum Gasteiger partial charge on any atom is -0.454 e. The number of hydrogen-bond acceptors (Lipinski definition) is 6. The quantitative estimate of drug-likeness (QED) is 0.553. The first-order chi connectivity index (χ1) is 13.6. The highest BCUT2D eigenvalue weighted by Crippen LogP contribution is 2.25. The highest BCUT2D eigenvalue weighted by Gasteiger charge is 2.16. The number of aromatic nitrogens is 5. The number of rotatable bonds is 5. The number of nitrogens with one attached hydrogen (secondary N) is 1. The van der Waals surface area contributed by atoms with Gasteiger partial charge in [-0.1, -0.05) is 24.6 Å². The van der Waals surface area contributed by atoms with Gasteiger partial charge in [0.25, 0.3) is 5.91 Å². The average molecular weight is 395 g/mol. The van der Waals surface area contributed by atoms with Crippen molar-refractivity contribution in [2.24, 2.45) is 0 Å². The lowest BCUT2D eigenvalue weighted by Crippen LogP contribution is -2.15. The molecule has 0 spiro atoms. The lowest BCUT2D eigenvalue weighted by atomic mass is 10.2. The van der Waals surface area contributed by atoms with E-state index in [2.05, 4.69) is 25.5 Å². The van der Waals surface area contributed by atoms with Crippen LogP contribution in [0.15, 0.2) is 55.2 Å². The Morgan fingerprint density at radius 3 is 2.96 bits per heavy atom. The Bertz CT molecular complexity index is 1160. The van der Waals surface area contributed by atoms with Gasteiger partial charge in [0.15, 0.2) is 5.65 Å². The number of ether oxygens (including phenoxy) is 1. The predicted molar refractivity (Wildman–Crippen MR) is 104 cm³/mol. The van der Waals surface area contributed by atoms with Crippen LogP contribution in [0.3, 0.4) is 0 Å². The van der Waals surface area contributed by atoms with Crippen molar-refractivity contribution in [1.82, 2.24) is 24.6 Å². The molecule has 4 rings (SSSR count). The molecule has 0 aliphatic carbocycles. The number of amides is 1. The number of anilines is 1. The Morgan fingerprint density at radius 1 is 1.25 bits per heavy atom. The maximum Gasteiger partial charge on any atom is 0.260 e. The van der Waals surface area contributed by atoms with E-state index in [-0.39, 0.29) is 5.91 Å². The van der Waals surface area contributed by atoms with E-state index < -0.39 is 0 Å². The predicted octanol–water partition coefficient (Wildman–Crippen LogP) is 3.78. The molecule has 4 heterocycles. The highest BCUT2D eigenvalue weighted by atomic mass is 35.5. The zero-order valence-electron chi connectivity index (χ0n) is 14.8.